The maximum Gasteiger partial charge on any atom is 0.273 e. The molecule has 30 heavy (non-hydrogen) atoms. The van der Waals surface area contributed by atoms with Crippen LogP contribution in [-0.4, -0.2) is 25.7 Å². The lowest BCUT2D eigenvalue weighted by molar-refractivity contribution is 0.102. The van der Waals surface area contributed by atoms with Crippen molar-refractivity contribution in [2.24, 2.45) is 0 Å². The summed E-state index contributed by atoms with van der Waals surface area (Å²) in [7, 11) is 0. The van der Waals surface area contributed by atoms with Crippen molar-refractivity contribution in [3.63, 3.8) is 0 Å². The maximum atomic E-state index is 12.9. The second-order valence-corrected chi connectivity index (χ2v) is 7.04. The molecule has 0 aliphatic rings. The van der Waals surface area contributed by atoms with Gasteiger partial charge in [0.15, 0.2) is 11.6 Å². The van der Waals surface area contributed by atoms with Gasteiger partial charge in [0.2, 0.25) is 0 Å². The number of nitrogens with zero attached hydrogens (tertiary/aromatic N) is 4. The highest BCUT2D eigenvalue weighted by molar-refractivity contribution is 6.35. The number of aromatic amines is 1. The number of H-pyrrole nitrogens is 1. The highest BCUT2D eigenvalue weighted by Gasteiger charge is 2.18. The van der Waals surface area contributed by atoms with E-state index in [9.17, 15) is 10.1 Å². The van der Waals surface area contributed by atoms with Crippen LogP contribution in [-0.2, 0) is 0 Å². The summed E-state index contributed by atoms with van der Waals surface area (Å²) in [5.74, 6) is 0.321. The summed E-state index contributed by atoms with van der Waals surface area (Å²) in [5.41, 5.74) is 2.01. The highest BCUT2D eigenvalue weighted by atomic mass is 35.5. The van der Waals surface area contributed by atoms with Crippen LogP contribution in [0.25, 0.3) is 27.6 Å². The molecule has 2 N–H and O–H groups in total. The third-order valence-electron chi connectivity index (χ3n) is 4.77. The van der Waals surface area contributed by atoms with Crippen LogP contribution < -0.4 is 5.32 Å². The Morgan fingerprint density at radius 3 is 2.77 bits per heavy atom. The second-order valence-electron chi connectivity index (χ2n) is 6.63. The molecule has 0 saturated carbocycles. The minimum atomic E-state index is -0.415. The minimum Gasteiger partial charge on any atom is -0.349 e. The van der Waals surface area contributed by atoms with Gasteiger partial charge in [-0.3, -0.25) is 4.79 Å². The summed E-state index contributed by atoms with van der Waals surface area (Å²) < 4.78 is 1.44. The monoisotopic (exact) mass is 412 g/mol. The first-order chi connectivity index (χ1) is 14.6. The second kappa shape index (κ2) is 7.03. The normalized spacial score (nSPS) is 10.9. The summed E-state index contributed by atoms with van der Waals surface area (Å²) in [6.07, 6.45) is 1.40. The van der Waals surface area contributed by atoms with Crippen LogP contribution in [0.3, 0.4) is 0 Å². The van der Waals surface area contributed by atoms with Crippen molar-refractivity contribution in [1.82, 2.24) is 19.7 Å². The van der Waals surface area contributed by atoms with Crippen LogP contribution in [0.1, 0.15) is 16.1 Å². The fourth-order valence-electron chi connectivity index (χ4n) is 3.31. The number of aromatic nitrogens is 4. The SMILES string of the molecule is N#Cc1cnn(-c2ccc3ccccc3n2)c1NC(=O)c1cc2cccc(Cl)c2[nH]1. The van der Waals surface area contributed by atoms with Crippen LogP contribution in [0.15, 0.2) is 66.9 Å². The van der Waals surface area contributed by atoms with Gasteiger partial charge >= 0.3 is 0 Å². The molecule has 0 spiro atoms. The summed E-state index contributed by atoms with van der Waals surface area (Å²) in [6, 6.07) is 20.6. The first kappa shape index (κ1) is 17.9. The standard InChI is InChI=1S/C22H13ClN6O/c23-16-6-3-5-14-10-18(27-20(14)16)22(30)28-21-15(11-24)12-25-29(21)19-9-8-13-4-1-2-7-17(13)26-19/h1-10,12,27H,(H,28,30). The molecular formula is C22H13ClN6O. The zero-order chi connectivity index (χ0) is 20.7. The lowest BCUT2D eigenvalue weighted by Crippen LogP contribution is -2.16. The molecule has 3 heterocycles. The zero-order valence-electron chi connectivity index (χ0n) is 15.4. The van der Waals surface area contributed by atoms with E-state index in [2.05, 4.69) is 26.5 Å². The quantitative estimate of drug-likeness (QED) is 0.449. The summed E-state index contributed by atoms with van der Waals surface area (Å²) in [4.78, 5) is 20.5. The molecule has 1 amide bonds. The number of anilines is 1. The first-order valence-electron chi connectivity index (χ1n) is 9.07. The Hall–Kier alpha value is -4.15. The molecule has 7 nitrogen and oxygen atoms in total. The van der Waals surface area contributed by atoms with Crippen LogP contribution in [0.5, 0.6) is 0 Å². The molecule has 0 atom stereocenters. The van der Waals surface area contributed by atoms with Crippen LogP contribution >= 0.6 is 11.6 Å². The van der Waals surface area contributed by atoms with E-state index in [4.69, 9.17) is 11.6 Å². The van der Waals surface area contributed by atoms with Crippen molar-refractivity contribution >= 4 is 45.1 Å². The fourth-order valence-corrected chi connectivity index (χ4v) is 3.54. The molecule has 0 fully saturated rings. The van der Waals surface area contributed by atoms with Gasteiger partial charge in [0.1, 0.15) is 17.3 Å². The highest BCUT2D eigenvalue weighted by Crippen LogP contribution is 2.25. The molecule has 0 saturated heterocycles. The van der Waals surface area contributed by atoms with Gasteiger partial charge in [-0.1, -0.05) is 41.9 Å². The number of rotatable bonds is 3. The predicted molar refractivity (Wildman–Crippen MR) is 115 cm³/mol. The molecule has 0 aliphatic heterocycles. The Morgan fingerprint density at radius 1 is 1.10 bits per heavy atom. The van der Waals surface area contributed by atoms with Gasteiger partial charge in [-0.05, 0) is 30.3 Å². The number of hydrogen-bond acceptors (Lipinski definition) is 4. The number of carbonyl (C=O) groups excluding carboxylic acids is 1. The number of nitrogens with one attached hydrogen (secondary N) is 2. The third-order valence-corrected chi connectivity index (χ3v) is 5.09. The minimum absolute atomic E-state index is 0.229. The van der Waals surface area contributed by atoms with E-state index in [1.54, 1.807) is 18.2 Å². The molecule has 0 bridgehead atoms. The van der Waals surface area contributed by atoms with Gasteiger partial charge in [-0.15, -0.1) is 0 Å². The van der Waals surface area contributed by atoms with Gasteiger partial charge in [0.25, 0.3) is 5.91 Å². The van der Waals surface area contributed by atoms with Gasteiger partial charge in [0.05, 0.1) is 22.3 Å². The number of amides is 1. The molecule has 3 aromatic heterocycles. The Labute approximate surface area is 175 Å². The van der Waals surface area contributed by atoms with Crippen molar-refractivity contribution in [2.45, 2.75) is 0 Å². The summed E-state index contributed by atoms with van der Waals surface area (Å²) >= 11 is 6.19. The number of benzene rings is 2. The predicted octanol–water partition coefficient (Wildman–Crippen LogP) is 4.68. The Bertz CT molecular complexity index is 1480. The molecule has 144 valence electrons. The van der Waals surface area contributed by atoms with Crippen molar-refractivity contribution < 1.29 is 4.79 Å². The van der Waals surface area contributed by atoms with E-state index in [0.717, 1.165) is 16.3 Å². The molecule has 0 unspecified atom stereocenters. The van der Waals surface area contributed by atoms with Crippen molar-refractivity contribution in [3.8, 4) is 11.9 Å². The number of carbonyl (C=O) groups is 1. The number of nitriles is 1. The number of pyridine rings is 1. The number of hydrogen-bond donors (Lipinski definition) is 2. The average molecular weight is 413 g/mol. The van der Waals surface area contributed by atoms with E-state index in [1.807, 2.05) is 42.5 Å². The fraction of sp³-hybridized carbons (Fsp3) is 0. The molecular weight excluding hydrogens is 400 g/mol. The van der Waals surface area contributed by atoms with E-state index in [0.29, 0.717) is 22.1 Å². The van der Waals surface area contributed by atoms with Gasteiger partial charge < -0.3 is 10.3 Å². The van der Waals surface area contributed by atoms with Gasteiger partial charge in [0, 0.05) is 10.8 Å². The number of para-hydroxylation sites is 2. The topological polar surface area (TPSA) is 99.4 Å². The molecule has 2 aromatic carbocycles. The van der Waals surface area contributed by atoms with Crippen LogP contribution in [0, 0.1) is 11.3 Å². The van der Waals surface area contributed by atoms with E-state index >= 15 is 0 Å². The lowest BCUT2D eigenvalue weighted by Gasteiger charge is -2.09. The molecule has 5 rings (SSSR count). The summed E-state index contributed by atoms with van der Waals surface area (Å²) in [6.45, 7) is 0. The van der Waals surface area contributed by atoms with E-state index < -0.39 is 5.91 Å². The van der Waals surface area contributed by atoms with Crippen LogP contribution in [0.2, 0.25) is 5.02 Å². The summed E-state index contributed by atoms with van der Waals surface area (Å²) in [5, 5.41) is 18.8. The zero-order valence-corrected chi connectivity index (χ0v) is 16.2. The molecule has 0 aliphatic carbocycles. The smallest absolute Gasteiger partial charge is 0.273 e. The van der Waals surface area contributed by atoms with Crippen molar-refractivity contribution in [1.29, 1.82) is 5.26 Å². The average Bonchev–Trinajstić information content (AvgIpc) is 3.38. The van der Waals surface area contributed by atoms with Gasteiger partial charge in [-0.2, -0.15) is 15.0 Å². The lowest BCUT2D eigenvalue weighted by atomic mass is 10.2. The molecule has 8 heteroatoms. The van der Waals surface area contributed by atoms with E-state index in [-0.39, 0.29) is 11.4 Å². The van der Waals surface area contributed by atoms with Crippen molar-refractivity contribution in [3.05, 3.63) is 83.1 Å². The Balaban J connectivity index is 1.55. The molecule has 0 radical (unpaired) electrons. The molecule has 5 aromatic rings. The Kier molecular flexibility index (Phi) is 4.20. The first-order valence-corrected chi connectivity index (χ1v) is 9.45. The van der Waals surface area contributed by atoms with Crippen molar-refractivity contribution in [2.75, 3.05) is 5.32 Å². The van der Waals surface area contributed by atoms with Crippen LogP contribution in [0.4, 0.5) is 5.82 Å². The third kappa shape index (κ3) is 2.96. The van der Waals surface area contributed by atoms with Gasteiger partial charge in [-0.25, -0.2) is 4.98 Å². The largest absolute Gasteiger partial charge is 0.349 e. The number of fused-ring (bicyclic) bond motifs is 2. The Morgan fingerprint density at radius 2 is 1.93 bits per heavy atom. The maximum absolute atomic E-state index is 12.9. The van der Waals surface area contributed by atoms with E-state index in [1.165, 1.54) is 10.9 Å². The number of halogens is 1.